The Morgan fingerprint density at radius 2 is 0.577 bits per heavy atom. The highest BCUT2D eigenvalue weighted by atomic mass is 14.6. The molecule has 2 nitrogen and oxygen atoms in total. The van der Waals surface area contributed by atoms with E-state index in [1.165, 1.54) is 11.1 Å². The second-order valence-electron chi connectivity index (χ2n) is 3.86. The topological polar surface area (TPSA) is 24.7 Å². The molecule has 0 aliphatic rings. The quantitative estimate of drug-likeness (QED) is 0.296. The van der Waals surface area contributed by atoms with Gasteiger partial charge in [-0.2, -0.15) is 0 Å². The normalized spacial score (nSPS) is 4.00. The summed E-state index contributed by atoms with van der Waals surface area (Å²) < 4.78 is 0. The zero-order valence-electron chi connectivity index (χ0n) is 15.3. The summed E-state index contributed by atoms with van der Waals surface area (Å²) in [7, 11) is 3.28. The zero-order chi connectivity index (χ0) is 18.0. The van der Waals surface area contributed by atoms with Crippen LogP contribution >= 0.6 is 0 Å². The Labute approximate surface area is 173 Å². The molecule has 168 valence electrons. The minimum absolute atomic E-state index is 0. The van der Waals surface area contributed by atoms with Crippen LogP contribution in [0.1, 0.15) is 86.1 Å². The molecule has 0 atom stereocenters. The third-order valence-electron chi connectivity index (χ3n) is 0. The SMILES string of the molecule is C.C.C.C.C.C.C=C(C)C.C=C(C)C.C=CC.C=CC.C=NC.C=NC. The molecule has 0 saturated heterocycles. The van der Waals surface area contributed by atoms with E-state index in [1.54, 1.807) is 26.2 Å². The van der Waals surface area contributed by atoms with Gasteiger partial charge in [0, 0.05) is 14.1 Å². The third-order valence-corrected chi connectivity index (χ3v) is 0. The Bertz CT molecular complexity index is 170. The Balaban J connectivity index is -0.00000000869. The monoisotopic (exact) mass is 378 g/mol. The fourth-order valence-electron chi connectivity index (χ4n) is 0. The predicted octanol–water partition coefficient (Wildman–Crippen LogP) is 10.00. The summed E-state index contributed by atoms with van der Waals surface area (Å²) in [4.78, 5) is 6.50. The van der Waals surface area contributed by atoms with Crippen molar-refractivity contribution < 1.29 is 0 Å². The molecule has 2 heteroatoms. The van der Waals surface area contributed by atoms with Crippen LogP contribution in [0.3, 0.4) is 0 Å². The first kappa shape index (κ1) is 87.2. The van der Waals surface area contributed by atoms with Crippen LogP contribution in [0.15, 0.2) is 59.6 Å². The summed E-state index contributed by atoms with van der Waals surface area (Å²) in [5.41, 5.74) is 2.33. The summed E-state index contributed by atoms with van der Waals surface area (Å²) in [6.07, 6.45) is 3.50. The Hall–Kier alpha value is -1.70. The van der Waals surface area contributed by atoms with Crippen molar-refractivity contribution in [3.8, 4) is 0 Å². The van der Waals surface area contributed by atoms with Crippen molar-refractivity contribution in [2.75, 3.05) is 14.1 Å². The number of allylic oxidation sites excluding steroid dienone is 4. The van der Waals surface area contributed by atoms with Crippen LogP contribution in [-0.4, -0.2) is 27.5 Å². The lowest BCUT2D eigenvalue weighted by Crippen LogP contribution is -1.43. The molecule has 0 bridgehead atoms. The van der Waals surface area contributed by atoms with E-state index in [0.717, 1.165) is 0 Å². The van der Waals surface area contributed by atoms with Crippen LogP contribution in [0.25, 0.3) is 0 Å². The summed E-state index contributed by atoms with van der Waals surface area (Å²) >= 11 is 0. The van der Waals surface area contributed by atoms with Crippen LogP contribution in [0.4, 0.5) is 0 Å². The van der Waals surface area contributed by atoms with Crippen LogP contribution in [0.5, 0.6) is 0 Å². The van der Waals surface area contributed by atoms with Crippen molar-refractivity contribution in [1.82, 2.24) is 0 Å². The molecule has 0 fully saturated rings. The number of aliphatic imine (C=N–C) groups is 2. The van der Waals surface area contributed by atoms with Crippen LogP contribution in [0, 0.1) is 0 Å². The van der Waals surface area contributed by atoms with E-state index in [1.807, 2.05) is 41.5 Å². The largest absolute Gasteiger partial charge is 0.304 e. The second-order valence-corrected chi connectivity index (χ2v) is 3.86. The fraction of sp³-hybridized carbons (Fsp3) is 0.583. The number of hydrogen-bond donors (Lipinski definition) is 0. The Kier molecular flexibility index (Phi) is 564. The first-order chi connectivity index (χ1) is 9.12. The van der Waals surface area contributed by atoms with Gasteiger partial charge in [-0.15, -0.1) is 26.3 Å². The van der Waals surface area contributed by atoms with Crippen molar-refractivity contribution in [2.45, 2.75) is 86.1 Å². The highest BCUT2D eigenvalue weighted by molar-refractivity contribution is 5.22. The molecule has 0 aromatic rings. The summed E-state index contributed by atoms with van der Waals surface area (Å²) in [5.74, 6) is 0. The Morgan fingerprint density at radius 3 is 0.577 bits per heavy atom. The lowest BCUT2D eigenvalue weighted by atomic mass is 10.4. The smallest absolute Gasteiger partial charge is 0.0269 e. The highest BCUT2D eigenvalue weighted by Gasteiger charge is 1.52. The molecule has 0 heterocycles. The summed E-state index contributed by atoms with van der Waals surface area (Å²) in [6.45, 7) is 31.7. The molecule has 0 aromatic heterocycles. The Morgan fingerprint density at radius 1 is 0.577 bits per heavy atom. The van der Waals surface area contributed by atoms with Gasteiger partial charge in [-0.25, -0.2) is 0 Å². The minimum Gasteiger partial charge on any atom is -0.304 e. The molecule has 26 heavy (non-hydrogen) atoms. The van der Waals surface area contributed by atoms with E-state index >= 15 is 0 Å². The van der Waals surface area contributed by atoms with E-state index in [4.69, 9.17) is 0 Å². The molecule has 0 amide bonds. The van der Waals surface area contributed by atoms with Gasteiger partial charge < -0.3 is 9.98 Å². The molecule has 0 aliphatic carbocycles. The standard InChI is InChI=1S/2C4H8.2C3H6.2C2H5N.6CH4/c2*1-4(2)3;4*1-3-2;;;;;;/h2*1H2,2-3H3;2*3H,1H2,2H3;2*1H2,2H3;6*1H4. The number of hydrogen-bond acceptors (Lipinski definition) is 2. The van der Waals surface area contributed by atoms with E-state index in [2.05, 4.69) is 49.7 Å². The molecule has 0 aromatic carbocycles. The van der Waals surface area contributed by atoms with E-state index in [9.17, 15) is 0 Å². The van der Waals surface area contributed by atoms with Gasteiger partial charge in [0.1, 0.15) is 0 Å². The summed E-state index contributed by atoms with van der Waals surface area (Å²) in [5, 5.41) is 0. The molecular weight excluding hydrogens is 316 g/mol. The first-order valence-electron chi connectivity index (χ1n) is 6.21. The number of nitrogens with zero attached hydrogens (tertiary/aromatic N) is 2. The molecule has 0 radical (unpaired) electrons. The van der Waals surface area contributed by atoms with Crippen LogP contribution in [-0.2, 0) is 0 Å². The van der Waals surface area contributed by atoms with Crippen molar-refractivity contribution in [1.29, 1.82) is 0 Å². The minimum atomic E-state index is 0. The van der Waals surface area contributed by atoms with Crippen molar-refractivity contribution >= 4 is 13.4 Å². The summed E-state index contributed by atoms with van der Waals surface area (Å²) in [6, 6.07) is 0. The number of rotatable bonds is 0. The highest BCUT2D eigenvalue weighted by Crippen LogP contribution is 1.74. The molecule has 0 N–H and O–H groups in total. The first-order valence-corrected chi connectivity index (χ1v) is 6.21. The van der Waals surface area contributed by atoms with E-state index in [0.29, 0.717) is 0 Å². The van der Waals surface area contributed by atoms with Gasteiger partial charge in [0.2, 0.25) is 0 Å². The maximum atomic E-state index is 3.56. The molecule has 0 spiro atoms. The van der Waals surface area contributed by atoms with Crippen LogP contribution in [0.2, 0.25) is 0 Å². The van der Waals surface area contributed by atoms with Gasteiger partial charge in [-0.1, -0.05) is 67.9 Å². The van der Waals surface area contributed by atoms with E-state index < -0.39 is 0 Å². The van der Waals surface area contributed by atoms with Gasteiger partial charge in [0.05, 0.1) is 0 Å². The zero-order valence-corrected chi connectivity index (χ0v) is 15.3. The maximum absolute atomic E-state index is 3.56. The molecule has 0 aliphatic heterocycles. The average molecular weight is 379 g/mol. The fourth-order valence-corrected chi connectivity index (χ4v) is 0. The lowest BCUT2D eigenvalue weighted by Gasteiger charge is -1.65. The molecular formula is C24H62N2. The van der Waals surface area contributed by atoms with E-state index in [-0.39, 0.29) is 44.6 Å². The molecule has 0 unspecified atom stereocenters. The third kappa shape index (κ3) is 3500. The molecule has 0 rings (SSSR count). The average Bonchev–Trinajstić information content (AvgIpc) is 2.18. The van der Waals surface area contributed by atoms with Crippen molar-refractivity contribution in [3.05, 3.63) is 49.6 Å². The second kappa shape index (κ2) is 168. The van der Waals surface area contributed by atoms with Crippen LogP contribution < -0.4 is 0 Å². The molecule has 0 saturated carbocycles. The van der Waals surface area contributed by atoms with Gasteiger partial charge in [0.15, 0.2) is 0 Å². The predicted molar refractivity (Wildman–Crippen MR) is 144 cm³/mol. The van der Waals surface area contributed by atoms with Gasteiger partial charge in [0.25, 0.3) is 0 Å². The van der Waals surface area contributed by atoms with Crippen molar-refractivity contribution in [2.24, 2.45) is 9.98 Å². The maximum Gasteiger partial charge on any atom is 0.0269 e. The van der Waals surface area contributed by atoms with Gasteiger partial charge >= 0.3 is 0 Å². The van der Waals surface area contributed by atoms with Crippen molar-refractivity contribution in [3.63, 3.8) is 0 Å². The lowest BCUT2D eigenvalue weighted by molar-refractivity contribution is 1.42. The van der Waals surface area contributed by atoms with Gasteiger partial charge in [-0.3, -0.25) is 0 Å². The van der Waals surface area contributed by atoms with Gasteiger partial charge in [-0.05, 0) is 55.0 Å².